The molecule has 1 atom stereocenters. The fraction of sp³-hybridized carbons (Fsp3) is 0.321. The molecule has 2 heterocycles. The van der Waals surface area contributed by atoms with Crippen LogP contribution in [0.4, 0.5) is 0 Å². The summed E-state index contributed by atoms with van der Waals surface area (Å²) in [6.07, 6.45) is 3.28. The van der Waals surface area contributed by atoms with Gasteiger partial charge in [0.25, 0.3) is 5.91 Å². The molecule has 1 aromatic heterocycles. The molecule has 192 valence electrons. The van der Waals surface area contributed by atoms with Gasteiger partial charge in [0.1, 0.15) is 17.2 Å². The number of benzene rings is 2. The molecule has 0 saturated heterocycles. The van der Waals surface area contributed by atoms with Crippen molar-refractivity contribution in [2.75, 3.05) is 20.3 Å². The third kappa shape index (κ3) is 5.64. The van der Waals surface area contributed by atoms with Crippen LogP contribution < -0.4 is 24.6 Å². The largest absolute Gasteiger partial charge is 0.549 e. The maximum absolute atomic E-state index is 12.6. The molecule has 1 aliphatic heterocycles. The molecular formula is C28H26ClN2O6-. The van der Waals surface area contributed by atoms with Crippen LogP contribution >= 0.6 is 11.6 Å². The first kappa shape index (κ1) is 24.9. The van der Waals surface area contributed by atoms with Crippen LogP contribution in [0.5, 0.6) is 23.1 Å². The number of carboxylic acid groups (broad SMARTS) is 1. The summed E-state index contributed by atoms with van der Waals surface area (Å²) in [6, 6.07) is 13.8. The molecule has 1 saturated carbocycles. The fourth-order valence-electron chi connectivity index (χ4n) is 4.38. The highest BCUT2D eigenvalue weighted by molar-refractivity contribution is 6.32. The summed E-state index contributed by atoms with van der Waals surface area (Å²) in [5.74, 6) is 0.225. The molecule has 2 aliphatic rings. The number of nitrogens with zero attached hydrogens (tertiary/aromatic N) is 1. The Hall–Kier alpha value is -3.78. The lowest BCUT2D eigenvalue weighted by atomic mass is 9.93. The smallest absolute Gasteiger partial charge is 0.251 e. The van der Waals surface area contributed by atoms with Crippen LogP contribution in [0.1, 0.15) is 58.3 Å². The molecule has 1 unspecified atom stereocenters. The van der Waals surface area contributed by atoms with Gasteiger partial charge in [-0.25, -0.2) is 4.98 Å². The average molecular weight is 522 g/mol. The van der Waals surface area contributed by atoms with Gasteiger partial charge < -0.3 is 29.4 Å². The second-order valence-corrected chi connectivity index (χ2v) is 9.55. The number of hydrogen-bond acceptors (Lipinski definition) is 7. The first-order chi connectivity index (χ1) is 17.9. The summed E-state index contributed by atoms with van der Waals surface area (Å²) in [5, 5.41) is 14.6. The second-order valence-electron chi connectivity index (χ2n) is 9.14. The van der Waals surface area contributed by atoms with Crippen molar-refractivity contribution in [3.8, 4) is 23.1 Å². The molecule has 1 fully saturated rings. The number of rotatable bonds is 9. The van der Waals surface area contributed by atoms with Crippen molar-refractivity contribution in [2.45, 2.75) is 37.5 Å². The minimum Gasteiger partial charge on any atom is -0.549 e. The maximum Gasteiger partial charge on any atom is 0.251 e. The van der Waals surface area contributed by atoms with E-state index >= 15 is 0 Å². The first-order valence-electron chi connectivity index (χ1n) is 12.2. The number of aromatic nitrogens is 1. The molecule has 0 bridgehead atoms. The van der Waals surface area contributed by atoms with Crippen LogP contribution in [-0.4, -0.2) is 37.1 Å². The van der Waals surface area contributed by atoms with E-state index in [1.807, 2.05) is 12.1 Å². The van der Waals surface area contributed by atoms with E-state index in [0.29, 0.717) is 59.6 Å². The number of pyridine rings is 1. The lowest BCUT2D eigenvalue weighted by Gasteiger charge is -2.27. The lowest BCUT2D eigenvalue weighted by Crippen LogP contribution is -2.33. The van der Waals surface area contributed by atoms with Crippen molar-refractivity contribution in [2.24, 2.45) is 0 Å². The monoisotopic (exact) mass is 521 g/mol. The van der Waals surface area contributed by atoms with E-state index in [1.54, 1.807) is 37.4 Å². The predicted molar refractivity (Wildman–Crippen MR) is 135 cm³/mol. The molecule has 0 radical (unpaired) electrons. The molecule has 1 N–H and O–H groups in total. The molecule has 9 heteroatoms. The molecule has 2 aromatic carbocycles. The van der Waals surface area contributed by atoms with E-state index in [1.165, 1.54) is 18.9 Å². The van der Waals surface area contributed by atoms with Gasteiger partial charge in [0.05, 0.1) is 18.7 Å². The van der Waals surface area contributed by atoms with Crippen molar-refractivity contribution >= 4 is 23.5 Å². The van der Waals surface area contributed by atoms with Gasteiger partial charge in [0.15, 0.2) is 0 Å². The number of nitrogens with one attached hydrogen (secondary N) is 1. The molecule has 8 nitrogen and oxygen atoms in total. The second kappa shape index (κ2) is 10.7. The Morgan fingerprint density at radius 2 is 1.92 bits per heavy atom. The highest BCUT2D eigenvalue weighted by Gasteiger charge is 2.26. The normalized spacial score (nSPS) is 16.3. The summed E-state index contributed by atoms with van der Waals surface area (Å²) >= 11 is 6.35. The topological polar surface area (TPSA) is 110 Å². The Morgan fingerprint density at radius 3 is 2.62 bits per heavy atom. The molecule has 1 aliphatic carbocycles. The van der Waals surface area contributed by atoms with Gasteiger partial charge in [-0.3, -0.25) is 4.79 Å². The van der Waals surface area contributed by atoms with Gasteiger partial charge in [-0.05, 0) is 62.1 Å². The van der Waals surface area contributed by atoms with Crippen LogP contribution in [0, 0.1) is 0 Å². The fourth-order valence-corrected chi connectivity index (χ4v) is 4.59. The van der Waals surface area contributed by atoms with Gasteiger partial charge in [-0.1, -0.05) is 17.7 Å². The number of carbonyl (C=O) groups is 2. The van der Waals surface area contributed by atoms with Gasteiger partial charge in [0.2, 0.25) is 5.88 Å². The number of amides is 1. The highest BCUT2D eigenvalue weighted by atomic mass is 35.5. The predicted octanol–water partition coefficient (Wildman–Crippen LogP) is 4.00. The van der Waals surface area contributed by atoms with Gasteiger partial charge in [-0.15, -0.1) is 0 Å². The third-order valence-electron chi connectivity index (χ3n) is 6.56. The average Bonchev–Trinajstić information content (AvgIpc) is 3.75. The van der Waals surface area contributed by atoms with Crippen molar-refractivity contribution < 1.29 is 28.9 Å². The molecular weight excluding hydrogens is 496 g/mol. The van der Waals surface area contributed by atoms with Gasteiger partial charge in [-0.2, -0.15) is 0 Å². The van der Waals surface area contributed by atoms with Crippen molar-refractivity contribution in [3.05, 3.63) is 75.9 Å². The van der Waals surface area contributed by atoms with E-state index in [9.17, 15) is 14.7 Å². The Labute approximate surface area is 219 Å². The first-order valence-corrected chi connectivity index (χ1v) is 12.6. The summed E-state index contributed by atoms with van der Waals surface area (Å²) < 4.78 is 16.9. The molecule has 3 aromatic rings. The van der Waals surface area contributed by atoms with Crippen LogP contribution in [0.25, 0.3) is 0 Å². The zero-order valence-electron chi connectivity index (χ0n) is 20.3. The summed E-state index contributed by atoms with van der Waals surface area (Å²) in [6.45, 7) is 0.709. The van der Waals surface area contributed by atoms with Crippen molar-refractivity contribution in [3.63, 3.8) is 0 Å². The minimum absolute atomic E-state index is 0.207. The zero-order valence-corrected chi connectivity index (χ0v) is 21.0. The van der Waals surface area contributed by atoms with Crippen LogP contribution in [0.2, 0.25) is 5.02 Å². The Bertz CT molecular complexity index is 1320. The van der Waals surface area contributed by atoms with E-state index in [-0.39, 0.29) is 17.5 Å². The van der Waals surface area contributed by atoms with Crippen LogP contribution in [0.3, 0.4) is 0 Å². The quantitative estimate of drug-likeness (QED) is 0.453. The van der Waals surface area contributed by atoms with E-state index in [2.05, 4.69) is 10.3 Å². The standard InChI is InChI=1S/C28H27ClN2O6/c1-35-27-18(6-9-23(31-27)16-2-3-16)10-12-30-26(32)17-4-7-19(8-5-17)37-25-15-24-21(14-22(25)29)20(28(33)34)11-13-36-24/h4-9,14-16,20H,2-3,10-13H2,1H3,(H,30,32)(H,33,34)/p-1. The van der Waals surface area contributed by atoms with Crippen molar-refractivity contribution in [1.29, 1.82) is 0 Å². The SMILES string of the molecule is COc1nc(C2CC2)ccc1CCNC(=O)c1ccc(Oc2cc3c(cc2Cl)C(C(=O)[O-])CCO3)cc1. The number of aliphatic carboxylic acids is 1. The highest BCUT2D eigenvalue weighted by Crippen LogP contribution is 2.42. The number of carboxylic acids is 1. The number of hydrogen-bond donors (Lipinski definition) is 1. The Balaban J connectivity index is 1.18. The number of carbonyl (C=O) groups excluding carboxylic acids is 2. The third-order valence-corrected chi connectivity index (χ3v) is 6.86. The molecule has 37 heavy (non-hydrogen) atoms. The number of halogens is 1. The summed E-state index contributed by atoms with van der Waals surface area (Å²) in [5.41, 5.74) is 2.98. The maximum atomic E-state index is 12.6. The Morgan fingerprint density at radius 1 is 1.14 bits per heavy atom. The molecule has 1 amide bonds. The molecule has 0 spiro atoms. The minimum atomic E-state index is -1.16. The Kier molecular flexibility index (Phi) is 7.19. The van der Waals surface area contributed by atoms with Gasteiger partial charge >= 0.3 is 0 Å². The summed E-state index contributed by atoms with van der Waals surface area (Å²) in [7, 11) is 1.61. The zero-order chi connectivity index (χ0) is 25.9. The number of methoxy groups -OCH3 is 1. The lowest BCUT2D eigenvalue weighted by molar-refractivity contribution is -0.308. The van der Waals surface area contributed by atoms with Crippen molar-refractivity contribution in [1.82, 2.24) is 10.3 Å². The molecule has 5 rings (SSSR count). The van der Waals surface area contributed by atoms with E-state index < -0.39 is 11.9 Å². The number of fused-ring (bicyclic) bond motifs is 1. The van der Waals surface area contributed by atoms with E-state index in [4.69, 9.17) is 25.8 Å². The van der Waals surface area contributed by atoms with Crippen LogP contribution in [-0.2, 0) is 11.2 Å². The van der Waals surface area contributed by atoms with E-state index in [0.717, 1.165) is 11.3 Å². The van der Waals surface area contributed by atoms with Gasteiger partial charge in [0, 0.05) is 52.8 Å². The van der Waals surface area contributed by atoms with Crippen LogP contribution in [0.15, 0.2) is 48.5 Å². The number of ether oxygens (including phenoxy) is 3. The summed E-state index contributed by atoms with van der Waals surface area (Å²) in [4.78, 5) is 28.6.